The maximum Gasteiger partial charge on any atom is 0.324 e. The number of nitrogens with two attached hydrogens (primary N) is 1. The summed E-state index contributed by atoms with van der Waals surface area (Å²) in [6.45, 7) is 2.95. The summed E-state index contributed by atoms with van der Waals surface area (Å²) < 4.78 is 1.01. The summed E-state index contributed by atoms with van der Waals surface area (Å²) in [5.74, 6) is -3.33. The average Bonchev–Trinajstić information content (AvgIpc) is 2.52. The summed E-state index contributed by atoms with van der Waals surface area (Å²) >= 11 is 4.94. The van der Waals surface area contributed by atoms with Gasteiger partial charge < -0.3 is 21.3 Å². The molecule has 0 heterocycles. The highest BCUT2D eigenvalue weighted by Crippen LogP contribution is 2.12. The second kappa shape index (κ2) is 11.8. The predicted molar refractivity (Wildman–Crippen MR) is 92.6 cm³/mol. The minimum atomic E-state index is -1.22. The molecule has 136 valence electrons. The van der Waals surface area contributed by atoms with E-state index in [4.69, 9.17) is 15.9 Å². The van der Waals surface area contributed by atoms with Crippen molar-refractivity contribution in [1.29, 1.82) is 0 Å². The lowest BCUT2D eigenvalue weighted by Gasteiger charge is -2.24. The fraction of sp³-hybridized carbons (Fsp3) is 0.538. The second-order valence-corrected chi connectivity index (χ2v) is 6.04. The fourth-order valence-corrected chi connectivity index (χ4v) is 2.48. The van der Waals surface area contributed by atoms with E-state index in [1.165, 1.54) is 6.08 Å². The summed E-state index contributed by atoms with van der Waals surface area (Å²) in [7, 11) is 0. The van der Waals surface area contributed by atoms with Gasteiger partial charge in [-0.2, -0.15) is 12.6 Å². The van der Waals surface area contributed by atoms with E-state index in [0.29, 0.717) is 5.75 Å². The normalized spacial score (nSPS) is 12.8. The Morgan fingerprint density at radius 2 is 1.96 bits per heavy atom. The minimum absolute atomic E-state index is 0.0413. The van der Waals surface area contributed by atoms with Crippen LogP contribution in [-0.4, -0.2) is 68.4 Å². The molecular formula is C13H21N3O6S2. The van der Waals surface area contributed by atoms with Crippen LogP contribution in [-0.2, 0) is 19.2 Å². The van der Waals surface area contributed by atoms with Crippen LogP contribution < -0.4 is 11.1 Å². The first-order valence-electron chi connectivity index (χ1n) is 6.88. The highest BCUT2D eigenvalue weighted by Gasteiger charge is 2.27. The van der Waals surface area contributed by atoms with E-state index >= 15 is 0 Å². The molecule has 0 bridgehead atoms. The molecule has 2 atom stereocenters. The lowest BCUT2D eigenvalue weighted by molar-refractivity contribution is -0.141. The van der Waals surface area contributed by atoms with Crippen molar-refractivity contribution in [2.75, 3.05) is 18.1 Å². The van der Waals surface area contributed by atoms with E-state index in [1.54, 1.807) is 0 Å². The number of nitrogens with zero attached hydrogens (tertiary/aromatic N) is 1. The Hall–Kier alpha value is -1.72. The molecule has 0 radical (unpaired) electrons. The van der Waals surface area contributed by atoms with Crippen LogP contribution in [0, 0.1) is 0 Å². The molecule has 0 saturated heterocycles. The SMILES string of the molecule is C=CCSN(CC(=O)O)C(=O)C(CS)NC(=O)CCC(N)C(=O)O. The Labute approximate surface area is 149 Å². The van der Waals surface area contributed by atoms with E-state index < -0.39 is 42.4 Å². The van der Waals surface area contributed by atoms with Gasteiger partial charge in [-0.3, -0.25) is 23.5 Å². The van der Waals surface area contributed by atoms with Gasteiger partial charge >= 0.3 is 11.9 Å². The molecule has 0 aromatic rings. The number of aliphatic carboxylic acids is 2. The molecule has 0 aliphatic heterocycles. The zero-order valence-corrected chi connectivity index (χ0v) is 14.6. The third-order valence-corrected chi connectivity index (χ3v) is 4.06. The fourth-order valence-electron chi connectivity index (χ4n) is 1.49. The quantitative estimate of drug-likeness (QED) is 0.170. The summed E-state index contributed by atoms with van der Waals surface area (Å²) in [6.07, 6.45) is 1.25. The lowest BCUT2D eigenvalue weighted by Crippen LogP contribution is -2.49. The topological polar surface area (TPSA) is 150 Å². The van der Waals surface area contributed by atoms with Gasteiger partial charge in [0, 0.05) is 17.9 Å². The number of carbonyl (C=O) groups is 4. The van der Waals surface area contributed by atoms with Crippen molar-refractivity contribution in [3.63, 3.8) is 0 Å². The highest BCUT2D eigenvalue weighted by molar-refractivity contribution is 7.97. The van der Waals surface area contributed by atoms with E-state index in [9.17, 15) is 19.2 Å². The molecule has 0 aliphatic carbocycles. The molecule has 0 aromatic carbocycles. The molecule has 0 aromatic heterocycles. The summed E-state index contributed by atoms with van der Waals surface area (Å²) in [5.41, 5.74) is 5.30. The number of thiol groups is 1. The third-order valence-electron chi connectivity index (χ3n) is 2.69. The number of nitrogens with one attached hydrogen (secondary N) is 1. The number of hydrogen-bond donors (Lipinski definition) is 5. The van der Waals surface area contributed by atoms with E-state index in [2.05, 4.69) is 24.5 Å². The van der Waals surface area contributed by atoms with Crippen molar-refractivity contribution in [2.45, 2.75) is 24.9 Å². The summed E-state index contributed by atoms with van der Waals surface area (Å²) in [4.78, 5) is 45.6. The van der Waals surface area contributed by atoms with Crippen LogP contribution in [0.25, 0.3) is 0 Å². The van der Waals surface area contributed by atoms with Crippen LogP contribution in [0.15, 0.2) is 12.7 Å². The molecule has 0 spiro atoms. The van der Waals surface area contributed by atoms with Crippen molar-refractivity contribution in [2.24, 2.45) is 5.73 Å². The Morgan fingerprint density at radius 1 is 1.33 bits per heavy atom. The highest BCUT2D eigenvalue weighted by atomic mass is 32.2. The first-order valence-corrected chi connectivity index (χ1v) is 8.46. The Bertz CT molecular complexity index is 488. The maximum atomic E-state index is 12.3. The van der Waals surface area contributed by atoms with E-state index in [0.717, 1.165) is 16.3 Å². The molecule has 0 rings (SSSR count). The molecule has 5 N–H and O–H groups in total. The lowest BCUT2D eigenvalue weighted by atomic mass is 10.1. The Balaban J connectivity index is 4.73. The molecule has 2 amide bonds. The molecule has 0 saturated carbocycles. The average molecular weight is 379 g/mol. The smallest absolute Gasteiger partial charge is 0.324 e. The van der Waals surface area contributed by atoms with Crippen molar-refractivity contribution in [3.8, 4) is 0 Å². The molecule has 24 heavy (non-hydrogen) atoms. The number of hydrogen-bond acceptors (Lipinski definition) is 7. The molecular weight excluding hydrogens is 358 g/mol. The summed E-state index contributed by atoms with van der Waals surface area (Å²) in [6, 6.07) is -2.20. The van der Waals surface area contributed by atoms with Crippen molar-refractivity contribution in [1.82, 2.24) is 9.62 Å². The first-order chi connectivity index (χ1) is 11.2. The third kappa shape index (κ3) is 8.79. The van der Waals surface area contributed by atoms with Crippen molar-refractivity contribution < 1.29 is 29.4 Å². The van der Waals surface area contributed by atoms with Gasteiger partial charge in [0.05, 0.1) is 0 Å². The molecule has 0 fully saturated rings. The zero-order valence-electron chi connectivity index (χ0n) is 12.9. The maximum absolute atomic E-state index is 12.3. The van der Waals surface area contributed by atoms with Gasteiger partial charge in [-0.1, -0.05) is 6.08 Å². The van der Waals surface area contributed by atoms with Crippen LogP contribution in [0.2, 0.25) is 0 Å². The van der Waals surface area contributed by atoms with Gasteiger partial charge in [0.15, 0.2) is 0 Å². The Kier molecular flexibility index (Phi) is 10.9. The number of carboxylic acid groups (broad SMARTS) is 2. The molecule has 0 aliphatic rings. The van der Waals surface area contributed by atoms with Gasteiger partial charge in [-0.15, -0.1) is 6.58 Å². The van der Waals surface area contributed by atoms with Crippen LogP contribution in [0.4, 0.5) is 0 Å². The Morgan fingerprint density at radius 3 is 2.42 bits per heavy atom. The zero-order chi connectivity index (χ0) is 18.7. The van der Waals surface area contributed by atoms with Gasteiger partial charge in [-0.25, -0.2) is 0 Å². The summed E-state index contributed by atoms with van der Waals surface area (Å²) in [5, 5.41) is 19.9. The number of carboxylic acids is 2. The van der Waals surface area contributed by atoms with Crippen LogP contribution in [0.3, 0.4) is 0 Å². The second-order valence-electron chi connectivity index (χ2n) is 4.64. The van der Waals surface area contributed by atoms with Crippen LogP contribution >= 0.6 is 24.6 Å². The molecule has 9 nitrogen and oxygen atoms in total. The first kappa shape index (κ1) is 22.3. The predicted octanol–water partition coefficient (Wildman–Crippen LogP) is -0.659. The van der Waals surface area contributed by atoms with Gasteiger partial charge in [0.25, 0.3) is 5.91 Å². The number of amides is 2. The standard InChI is InChI=1S/C13H21N3O6S2/c1-2-5-24-16(6-11(18)19)12(20)9(7-23)15-10(17)4-3-8(14)13(21)22/h2,8-9,23H,1,3-7,14H2,(H,15,17)(H,18,19)(H,21,22). The number of carbonyl (C=O) groups excluding carboxylic acids is 2. The van der Waals surface area contributed by atoms with E-state index in [1.807, 2.05) is 0 Å². The number of rotatable bonds is 12. The van der Waals surface area contributed by atoms with Crippen LogP contribution in [0.5, 0.6) is 0 Å². The van der Waals surface area contributed by atoms with Crippen molar-refractivity contribution >= 4 is 48.3 Å². The van der Waals surface area contributed by atoms with Gasteiger partial charge in [-0.05, 0) is 18.4 Å². The van der Waals surface area contributed by atoms with Gasteiger partial charge in [0.1, 0.15) is 18.6 Å². The van der Waals surface area contributed by atoms with Crippen LogP contribution in [0.1, 0.15) is 12.8 Å². The largest absolute Gasteiger partial charge is 0.480 e. The van der Waals surface area contributed by atoms with Gasteiger partial charge in [0.2, 0.25) is 5.91 Å². The molecule has 11 heteroatoms. The molecule has 2 unspecified atom stereocenters. The van der Waals surface area contributed by atoms with E-state index in [-0.39, 0.29) is 18.6 Å². The van der Waals surface area contributed by atoms with Crippen molar-refractivity contribution in [3.05, 3.63) is 12.7 Å². The monoisotopic (exact) mass is 379 g/mol. The minimum Gasteiger partial charge on any atom is -0.480 e.